The van der Waals surface area contributed by atoms with Crippen LogP contribution in [-0.4, -0.2) is 102 Å². The molecule has 0 saturated heterocycles. The summed E-state index contributed by atoms with van der Waals surface area (Å²) in [5.74, 6) is -5.23. The molecule has 0 bridgehead atoms. The lowest BCUT2D eigenvalue weighted by Crippen LogP contribution is -2.59. The molecule has 0 aromatic heterocycles. The molecular weight excluding hydrogens is 332 g/mol. The van der Waals surface area contributed by atoms with Gasteiger partial charge in [0.25, 0.3) is 0 Å². The van der Waals surface area contributed by atoms with Crippen molar-refractivity contribution < 1.29 is 40.2 Å². The lowest BCUT2D eigenvalue weighted by molar-refractivity contribution is -0.144. The van der Waals surface area contributed by atoms with Crippen molar-refractivity contribution in [3.63, 3.8) is 0 Å². The second kappa shape index (κ2) is 9.06. The van der Waals surface area contributed by atoms with E-state index in [2.05, 4.69) is 0 Å². The molecular formula is C10H20N6O8. The molecule has 138 valence electrons. The highest BCUT2D eigenvalue weighted by molar-refractivity contribution is 5.88. The van der Waals surface area contributed by atoms with Crippen molar-refractivity contribution >= 4 is 23.6 Å². The number of amidine groups is 2. The number of aliphatic hydroxyl groups is 4. The number of carboxylic acids is 2. The zero-order valence-corrected chi connectivity index (χ0v) is 12.3. The minimum absolute atomic E-state index is 0.506. The number of hydrogen-bond donors (Lipinski definition) is 10. The summed E-state index contributed by atoms with van der Waals surface area (Å²) in [6, 6.07) is 0. The molecule has 0 rings (SSSR count). The number of aliphatic hydroxyl groups excluding tert-OH is 2. The quantitative estimate of drug-likeness (QED) is 0.106. The zero-order valence-electron chi connectivity index (χ0n) is 12.3. The van der Waals surface area contributed by atoms with Crippen LogP contribution in [0, 0.1) is 10.8 Å². The van der Waals surface area contributed by atoms with Gasteiger partial charge in [-0.3, -0.25) is 10.8 Å². The summed E-state index contributed by atoms with van der Waals surface area (Å²) in [4.78, 5) is 22.8. The van der Waals surface area contributed by atoms with Gasteiger partial charge >= 0.3 is 11.9 Å². The van der Waals surface area contributed by atoms with Crippen LogP contribution in [-0.2, 0) is 9.59 Å². The fourth-order valence-corrected chi connectivity index (χ4v) is 1.60. The minimum atomic E-state index is -2.36. The molecule has 0 saturated carbocycles. The highest BCUT2D eigenvalue weighted by atomic mass is 16.5. The second-order valence-electron chi connectivity index (χ2n) is 4.47. The molecule has 14 heteroatoms. The number of carbonyl (C=O) groups is 2. The largest absolute Gasteiger partial charge is 0.479 e. The maximum absolute atomic E-state index is 10.9. The number of nitrogens with two attached hydrogens (primary N) is 2. The smallest absolute Gasteiger partial charge is 0.341 e. The molecule has 14 nitrogen and oxygen atoms in total. The van der Waals surface area contributed by atoms with Crippen molar-refractivity contribution in [1.82, 2.24) is 9.80 Å². The van der Waals surface area contributed by atoms with E-state index in [1.165, 1.54) is 0 Å². The third-order valence-corrected chi connectivity index (χ3v) is 2.87. The Morgan fingerprint density at radius 3 is 1.21 bits per heavy atom. The summed E-state index contributed by atoms with van der Waals surface area (Å²) in [7, 11) is 0. The van der Waals surface area contributed by atoms with Gasteiger partial charge in [0, 0.05) is 13.1 Å². The highest BCUT2D eigenvalue weighted by Crippen LogP contribution is 2.04. The van der Waals surface area contributed by atoms with E-state index in [4.69, 9.17) is 52.9 Å². The van der Waals surface area contributed by atoms with Crippen molar-refractivity contribution in [2.24, 2.45) is 11.5 Å². The summed E-state index contributed by atoms with van der Waals surface area (Å²) >= 11 is 0. The van der Waals surface area contributed by atoms with Crippen LogP contribution in [0.5, 0.6) is 0 Å². The molecule has 12 N–H and O–H groups in total. The van der Waals surface area contributed by atoms with Gasteiger partial charge in [0.2, 0.25) is 12.6 Å². The van der Waals surface area contributed by atoms with Gasteiger partial charge in [-0.25, -0.2) is 9.59 Å². The van der Waals surface area contributed by atoms with Crippen LogP contribution in [0.1, 0.15) is 0 Å². The topological polar surface area (TPSA) is 262 Å². The summed E-state index contributed by atoms with van der Waals surface area (Å²) in [6.07, 6.45) is -8.48. The predicted molar refractivity (Wildman–Crippen MR) is 76.5 cm³/mol. The average molecular weight is 352 g/mol. The summed E-state index contributed by atoms with van der Waals surface area (Å²) < 4.78 is 0. The fourth-order valence-electron chi connectivity index (χ4n) is 1.60. The summed E-state index contributed by atoms with van der Waals surface area (Å²) in [5, 5.41) is 68.4. The van der Waals surface area contributed by atoms with Gasteiger partial charge in [0.05, 0.1) is 0 Å². The van der Waals surface area contributed by atoms with Crippen LogP contribution in [0.15, 0.2) is 0 Å². The van der Waals surface area contributed by atoms with Crippen LogP contribution >= 0.6 is 0 Å². The van der Waals surface area contributed by atoms with Crippen molar-refractivity contribution in [1.29, 1.82) is 10.8 Å². The van der Waals surface area contributed by atoms with Crippen molar-refractivity contribution in [3.05, 3.63) is 0 Å². The van der Waals surface area contributed by atoms with Gasteiger partial charge in [0.1, 0.15) is 0 Å². The van der Waals surface area contributed by atoms with Gasteiger partial charge in [-0.05, 0) is 0 Å². The normalized spacial score (nSPS) is 13.5. The minimum Gasteiger partial charge on any atom is -0.479 e. The number of nitrogens with one attached hydrogen (secondary N) is 2. The maximum atomic E-state index is 10.9. The Hall–Kier alpha value is -2.36. The van der Waals surface area contributed by atoms with Gasteiger partial charge < -0.3 is 51.9 Å². The molecule has 0 heterocycles. The molecule has 2 atom stereocenters. The van der Waals surface area contributed by atoms with Gasteiger partial charge in [-0.1, -0.05) is 0 Å². The molecule has 0 amide bonds. The monoisotopic (exact) mass is 352 g/mol. The van der Waals surface area contributed by atoms with Crippen LogP contribution < -0.4 is 11.5 Å². The number of hydrogen-bond acceptors (Lipinski definition) is 10. The molecule has 0 radical (unpaired) electrons. The van der Waals surface area contributed by atoms with Crippen molar-refractivity contribution in [2.75, 3.05) is 13.1 Å². The first-order chi connectivity index (χ1) is 10.9. The molecule has 24 heavy (non-hydrogen) atoms. The molecule has 0 aliphatic carbocycles. The first kappa shape index (κ1) is 21.6. The van der Waals surface area contributed by atoms with Crippen LogP contribution in [0.4, 0.5) is 0 Å². The molecule has 2 unspecified atom stereocenters. The van der Waals surface area contributed by atoms with Crippen molar-refractivity contribution in [3.8, 4) is 0 Å². The number of rotatable bonds is 9. The first-order valence-electron chi connectivity index (χ1n) is 6.31. The van der Waals surface area contributed by atoms with E-state index in [9.17, 15) is 9.59 Å². The Labute approximate surface area is 135 Å². The predicted octanol–water partition coefficient (Wildman–Crippen LogP) is -5.09. The number of aliphatic carboxylic acids is 2. The third-order valence-electron chi connectivity index (χ3n) is 2.87. The van der Waals surface area contributed by atoms with Crippen LogP contribution in [0.2, 0.25) is 0 Å². The highest BCUT2D eigenvalue weighted by Gasteiger charge is 2.31. The lowest BCUT2D eigenvalue weighted by Gasteiger charge is -2.34. The van der Waals surface area contributed by atoms with Gasteiger partial charge in [0.15, 0.2) is 24.0 Å². The Balaban J connectivity index is 5.37. The Bertz CT molecular complexity index is 454. The van der Waals surface area contributed by atoms with E-state index >= 15 is 0 Å². The van der Waals surface area contributed by atoms with Crippen LogP contribution in [0.3, 0.4) is 0 Å². The van der Waals surface area contributed by atoms with E-state index in [1.54, 1.807) is 0 Å². The summed E-state index contributed by atoms with van der Waals surface area (Å²) in [5.41, 5.74) is 10.6. The summed E-state index contributed by atoms with van der Waals surface area (Å²) in [6.45, 7) is -1.17. The van der Waals surface area contributed by atoms with E-state index in [0.29, 0.717) is 9.80 Å². The van der Waals surface area contributed by atoms with E-state index in [0.717, 1.165) is 0 Å². The zero-order chi connectivity index (χ0) is 19.2. The van der Waals surface area contributed by atoms with Crippen molar-refractivity contribution in [2.45, 2.75) is 24.9 Å². The number of carboxylic acid groups (broad SMARTS) is 2. The Kier molecular flexibility index (Phi) is 8.17. The standard InChI is InChI=1S/C10H20N6O8/c11-3(7(17)18)15(4(12)8(19)20)1-2-16(5(13)9(21)22)6(14)10(23)24/h3,5,8,10,12,14,19-20,23-24H,1-2,11,13H2,(H,17,18)(H,21,22). The first-order valence-corrected chi connectivity index (χ1v) is 6.31. The Morgan fingerprint density at radius 1 is 0.792 bits per heavy atom. The van der Waals surface area contributed by atoms with E-state index < -0.39 is 61.6 Å². The Morgan fingerprint density at radius 2 is 1.04 bits per heavy atom. The second-order valence-corrected chi connectivity index (χ2v) is 4.47. The molecule has 0 aliphatic heterocycles. The molecule has 0 aromatic rings. The molecule has 0 fully saturated rings. The molecule has 0 aliphatic rings. The molecule has 0 spiro atoms. The van der Waals surface area contributed by atoms with Gasteiger partial charge in [-0.15, -0.1) is 0 Å². The van der Waals surface area contributed by atoms with E-state index in [-0.39, 0.29) is 0 Å². The fraction of sp³-hybridized carbons (Fsp3) is 0.600. The van der Waals surface area contributed by atoms with Crippen LogP contribution in [0.25, 0.3) is 0 Å². The lowest BCUT2D eigenvalue weighted by atomic mass is 10.3. The molecule has 0 aromatic carbocycles. The number of nitrogens with zero attached hydrogens (tertiary/aromatic N) is 2. The SMILES string of the molecule is N=C(C(O)O)N(CCN(C(=N)C(O)O)C(N)C(=O)O)C(N)C(=O)O. The van der Waals surface area contributed by atoms with Gasteiger partial charge in [-0.2, -0.15) is 0 Å². The average Bonchev–Trinajstić information content (AvgIpc) is 2.48. The van der Waals surface area contributed by atoms with E-state index in [1.807, 2.05) is 0 Å². The maximum Gasteiger partial charge on any atom is 0.341 e. The third kappa shape index (κ3) is 5.69.